The molecule has 1 saturated carbocycles. The summed E-state index contributed by atoms with van der Waals surface area (Å²) in [6, 6.07) is 4.80. The first kappa shape index (κ1) is 8.27. The lowest BCUT2D eigenvalue weighted by Crippen LogP contribution is -2.24. The summed E-state index contributed by atoms with van der Waals surface area (Å²) < 4.78 is 0. The van der Waals surface area contributed by atoms with Gasteiger partial charge < -0.3 is 5.73 Å². The first-order chi connectivity index (χ1) is 5.79. The Bertz CT molecular complexity index is 242. The van der Waals surface area contributed by atoms with E-state index in [1.807, 2.05) is 11.3 Å². The Morgan fingerprint density at radius 3 is 2.83 bits per heavy atom. The van der Waals surface area contributed by atoms with Crippen LogP contribution < -0.4 is 5.73 Å². The monoisotopic (exact) mass is 181 g/mol. The minimum absolute atomic E-state index is 0.428. The van der Waals surface area contributed by atoms with Crippen molar-refractivity contribution >= 4 is 11.3 Å². The van der Waals surface area contributed by atoms with Gasteiger partial charge in [0.2, 0.25) is 0 Å². The second kappa shape index (κ2) is 3.19. The first-order valence-electron chi connectivity index (χ1n) is 4.58. The van der Waals surface area contributed by atoms with Crippen molar-refractivity contribution in [2.24, 2.45) is 11.7 Å². The molecule has 3 atom stereocenters. The molecule has 0 saturated heterocycles. The Hall–Kier alpha value is -0.340. The van der Waals surface area contributed by atoms with Gasteiger partial charge in [-0.05, 0) is 36.1 Å². The summed E-state index contributed by atoms with van der Waals surface area (Å²) in [6.45, 7) is 2.28. The van der Waals surface area contributed by atoms with Crippen molar-refractivity contribution < 1.29 is 0 Å². The molecule has 1 aromatic heterocycles. The van der Waals surface area contributed by atoms with Gasteiger partial charge in [0.25, 0.3) is 0 Å². The van der Waals surface area contributed by atoms with Gasteiger partial charge >= 0.3 is 0 Å². The summed E-state index contributed by atoms with van der Waals surface area (Å²) in [7, 11) is 0. The highest BCUT2D eigenvalue weighted by atomic mass is 32.1. The quantitative estimate of drug-likeness (QED) is 0.708. The lowest BCUT2D eigenvalue weighted by molar-refractivity contribution is 0.484. The summed E-state index contributed by atoms with van der Waals surface area (Å²) in [6.07, 6.45) is 2.48. The van der Waals surface area contributed by atoms with Gasteiger partial charge in [0.15, 0.2) is 0 Å². The molecule has 2 N–H and O–H groups in total. The van der Waals surface area contributed by atoms with E-state index >= 15 is 0 Å². The number of nitrogens with two attached hydrogens (primary N) is 1. The maximum Gasteiger partial charge on any atom is 0.00794 e. The van der Waals surface area contributed by atoms with E-state index in [4.69, 9.17) is 5.73 Å². The van der Waals surface area contributed by atoms with Crippen molar-refractivity contribution in [2.75, 3.05) is 0 Å². The third kappa shape index (κ3) is 1.29. The molecule has 3 unspecified atom stereocenters. The number of hydrogen-bond donors (Lipinski definition) is 1. The summed E-state index contributed by atoms with van der Waals surface area (Å²) in [5, 5.41) is 2.16. The van der Waals surface area contributed by atoms with E-state index in [2.05, 4.69) is 24.4 Å². The molecular weight excluding hydrogens is 166 g/mol. The van der Waals surface area contributed by atoms with Gasteiger partial charge in [-0.15, -0.1) is 11.3 Å². The second-order valence-corrected chi connectivity index (χ2v) is 4.70. The van der Waals surface area contributed by atoms with E-state index < -0.39 is 0 Å². The van der Waals surface area contributed by atoms with E-state index in [1.54, 1.807) is 0 Å². The third-order valence-corrected chi connectivity index (χ3v) is 4.03. The molecule has 0 amide bonds. The van der Waals surface area contributed by atoms with Gasteiger partial charge in [-0.25, -0.2) is 0 Å². The Morgan fingerprint density at radius 2 is 2.33 bits per heavy atom. The Balaban J connectivity index is 2.16. The van der Waals surface area contributed by atoms with E-state index in [0.717, 1.165) is 5.92 Å². The average Bonchev–Trinajstić information content (AvgIpc) is 2.64. The zero-order chi connectivity index (χ0) is 8.55. The maximum atomic E-state index is 5.98. The average molecular weight is 181 g/mol. The van der Waals surface area contributed by atoms with Crippen molar-refractivity contribution in [2.45, 2.75) is 31.7 Å². The fourth-order valence-electron chi connectivity index (χ4n) is 2.10. The van der Waals surface area contributed by atoms with E-state index in [1.165, 1.54) is 17.7 Å². The molecule has 1 aromatic rings. The Morgan fingerprint density at radius 1 is 1.50 bits per heavy atom. The molecule has 2 heteroatoms. The van der Waals surface area contributed by atoms with E-state index in [9.17, 15) is 0 Å². The van der Waals surface area contributed by atoms with Gasteiger partial charge in [0.05, 0.1) is 0 Å². The molecule has 1 nitrogen and oxygen atoms in total. The normalized spacial score (nSPS) is 35.7. The third-order valence-electron chi connectivity index (χ3n) is 3.03. The van der Waals surface area contributed by atoms with Crippen molar-refractivity contribution in [3.05, 3.63) is 22.4 Å². The molecule has 1 aliphatic carbocycles. The molecule has 1 heterocycles. The Labute approximate surface area is 77.6 Å². The standard InChI is InChI=1S/C10H15NS/c1-7-8(4-5-9(7)11)10-3-2-6-12-10/h2-3,6-9H,4-5,11H2,1H3. The predicted molar refractivity (Wildman–Crippen MR) is 53.4 cm³/mol. The largest absolute Gasteiger partial charge is 0.327 e. The van der Waals surface area contributed by atoms with Crippen LogP contribution in [0.4, 0.5) is 0 Å². The summed E-state index contributed by atoms with van der Waals surface area (Å²) >= 11 is 1.87. The van der Waals surface area contributed by atoms with Crippen molar-refractivity contribution in [3.63, 3.8) is 0 Å². The zero-order valence-electron chi connectivity index (χ0n) is 7.36. The molecular formula is C10H15NS. The SMILES string of the molecule is CC1C(N)CCC1c1cccs1. The van der Waals surface area contributed by atoms with Crippen LogP contribution in [0.25, 0.3) is 0 Å². The molecule has 66 valence electrons. The molecule has 2 rings (SSSR count). The number of rotatable bonds is 1. The Kier molecular flexibility index (Phi) is 2.20. The molecule has 0 bridgehead atoms. The van der Waals surface area contributed by atoms with Gasteiger partial charge in [0.1, 0.15) is 0 Å². The van der Waals surface area contributed by atoms with Gasteiger partial charge in [-0.3, -0.25) is 0 Å². The fourth-order valence-corrected chi connectivity index (χ4v) is 3.08. The molecule has 0 aromatic carbocycles. The van der Waals surface area contributed by atoms with Crippen LogP contribution in [0.3, 0.4) is 0 Å². The molecule has 0 spiro atoms. The van der Waals surface area contributed by atoms with Crippen LogP contribution >= 0.6 is 11.3 Å². The van der Waals surface area contributed by atoms with Crippen LogP contribution in [0.15, 0.2) is 17.5 Å². The fraction of sp³-hybridized carbons (Fsp3) is 0.600. The summed E-state index contributed by atoms with van der Waals surface area (Å²) in [4.78, 5) is 1.52. The lowest BCUT2D eigenvalue weighted by atomic mass is 9.95. The molecule has 1 fully saturated rings. The topological polar surface area (TPSA) is 26.0 Å². The van der Waals surface area contributed by atoms with E-state index in [0.29, 0.717) is 12.0 Å². The molecule has 12 heavy (non-hydrogen) atoms. The van der Waals surface area contributed by atoms with Gasteiger partial charge in [0, 0.05) is 10.9 Å². The van der Waals surface area contributed by atoms with E-state index in [-0.39, 0.29) is 0 Å². The van der Waals surface area contributed by atoms with Crippen molar-refractivity contribution in [1.29, 1.82) is 0 Å². The highest BCUT2D eigenvalue weighted by Gasteiger charge is 2.31. The number of thiophene rings is 1. The van der Waals surface area contributed by atoms with Crippen LogP contribution in [0.2, 0.25) is 0 Å². The smallest absolute Gasteiger partial charge is 0.00794 e. The summed E-state index contributed by atoms with van der Waals surface area (Å²) in [5.74, 6) is 1.41. The first-order valence-corrected chi connectivity index (χ1v) is 5.46. The molecule has 0 aliphatic heterocycles. The van der Waals surface area contributed by atoms with Crippen LogP contribution in [-0.2, 0) is 0 Å². The van der Waals surface area contributed by atoms with Gasteiger partial charge in [-0.1, -0.05) is 13.0 Å². The minimum atomic E-state index is 0.428. The highest BCUT2D eigenvalue weighted by Crippen LogP contribution is 2.40. The minimum Gasteiger partial charge on any atom is -0.327 e. The van der Waals surface area contributed by atoms with Crippen molar-refractivity contribution in [1.82, 2.24) is 0 Å². The van der Waals surface area contributed by atoms with Crippen molar-refractivity contribution in [3.8, 4) is 0 Å². The van der Waals surface area contributed by atoms with Crippen LogP contribution in [0.1, 0.15) is 30.6 Å². The van der Waals surface area contributed by atoms with Gasteiger partial charge in [-0.2, -0.15) is 0 Å². The zero-order valence-corrected chi connectivity index (χ0v) is 8.18. The molecule has 0 radical (unpaired) electrons. The number of hydrogen-bond acceptors (Lipinski definition) is 2. The molecule has 1 aliphatic rings. The van der Waals surface area contributed by atoms with Crippen LogP contribution in [0, 0.1) is 5.92 Å². The predicted octanol–water partition coefficient (Wildman–Crippen LogP) is 2.59. The van der Waals surface area contributed by atoms with Crippen LogP contribution in [0.5, 0.6) is 0 Å². The summed E-state index contributed by atoms with van der Waals surface area (Å²) in [5.41, 5.74) is 5.98. The second-order valence-electron chi connectivity index (χ2n) is 3.72. The highest BCUT2D eigenvalue weighted by molar-refractivity contribution is 7.10. The maximum absolute atomic E-state index is 5.98. The van der Waals surface area contributed by atoms with Crippen LogP contribution in [-0.4, -0.2) is 6.04 Å². The lowest BCUT2D eigenvalue weighted by Gasteiger charge is -2.16.